The number of carbonyl (C=O) groups is 4. The summed E-state index contributed by atoms with van der Waals surface area (Å²) in [6.45, 7) is 4.40. The number of phenols is 1. The van der Waals surface area contributed by atoms with E-state index in [1.807, 2.05) is 0 Å². The monoisotopic (exact) mass is 455 g/mol. The molecule has 0 atom stereocenters. The average molecular weight is 455 g/mol. The van der Waals surface area contributed by atoms with E-state index in [1.54, 1.807) is 12.1 Å². The second kappa shape index (κ2) is 8.93. The Kier molecular flexibility index (Phi) is 6.44. The van der Waals surface area contributed by atoms with Gasteiger partial charge in [-0.05, 0) is 66.8 Å². The van der Waals surface area contributed by atoms with Crippen molar-refractivity contribution in [2.45, 2.75) is 45.4 Å². The molecule has 2 aromatic rings. The van der Waals surface area contributed by atoms with Gasteiger partial charge in [0.25, 0.3) is 5.91 Å². The smallest absolute Gasteiger partial charge is 0.339 e. The summed E-state index contributed by atoms with van der Waals surface area (Å²) in [5.74, 6) is -5.99. The average Bonchev–Trinajstić information content (AvgIpc) is 2.72. The Balaban J connectivity index is 1.99. The van der Waals surface area contributed by atoms with Crippen LogP contribution in [0.25, 0.3) is 0 Å². The third-order valence-electron chi connectivity index (χ3n) is 6.17. The molecular formula is C24H25NO8. The van der Waals surface area contributed by atoms with E-state index < -0.39 is 46.3 Å². The second-order valence-electron chi connectivity index (χ2n) is 9.03. The van der Waals surface area contributed by atoms with Crippen LogP contribution in [0.3, 0.4) is 0 Å². The van der Waals surface area contributed by atoms with Crippen LogP contribution in [-0.2, 0) is 0 Å². The van der Waals surface area contributed by atoms with Crippen LogP contribution < -0.4 is 5.32 Å². The standard InChI is InChI=1S/C24H25NO8/c1-24(2)7-5-12(6-8-24)13-3-4-14(21(28)29)18(9-13)25-20(27)15-10-17(23(32)33)19(26)11-16(15)22(30)31/h3-4,9-12,26H,5-8H2,1-2H3,(H,25,27)(H,28,29)(H,30,31)(H,32,33). The fourth-order valence-electron chi connectivity index (χ4n) is 4.15. The van der Waals surface area contributed by atoms with E-state index >= 15 is 0 Å². The van der Waals surface area contributed by atoms with E-state index in [-0.39, 0.29) is 22.6 Å². The lowest BCUT2D eigenvalue weighted by Crippen LogP contribution is -2.21. The summed E-state index contributed by atoms with van der Waals surface area (Å²) in [5, 5.41) is 40.4. The van der Waals surface area contributed by atoms with Gasteiger partial charge in [0.2, 0.25) is 0 Å². The Bertz CT molecular complexity index is 1140. The number of anilines is 1. The molecule has 1 aliphatic rings. The molecule has 174 valence electrons. The molecule has 0 aromatic heterocycles. The van der Waals surface area contributed by atoms with Crippen LogP contribution >= 0.6 is 0 Å². The molecule has 0 spiro atoms. The summed E-state index contributed by atoms with van der Waals surface area (Å²) in [6.07, 6.45) is 3.84. The highest BCUT2D eigenvalue weighted by molar-refractivity contribution is 6.13. The lowest BCUT2D eigenvalue weighted by molar-refractivity contribution is 0.0676. The molecule has 1 aliphatic carbocycles. The third-order valence-corrected chi connectivity index (χ3v) is 6.17. The second-order valence-corrected chi connectivity index (χ2v) is 9.03. The van der Waals surface area contributed by atoms with Crippen molar-refractivity contribution in [2.75, 3.05) is 5.32 Å². The number of nitrogens with one attached hydrogen (secondary N) is 1. The number of benzene rings is 2. The summed E-state index contributed by atoms with van der Waals surface area (Å²) in [7, 11) is 0. The third kappa shape index (κ3) is 5.14. The van der Waals surface area contributed by atoms with E-state index in [2.05, 4.69) is 19.2 Å². The Morgan fingerprint density at radius 2 is 1.39 bits per heavy atom. The predicted molar refractivity (Wildman–Crippen MR) is 118 cm³/mol. The van der Waals surface area contributed by atoms with Crippen molar-refractivity contribution in [3.05, 3.63) is 58.1 Å². The topological polar surface area (TPSA) is 161 Å². The predicted octanol–water partition coefficient (Wildman–Crippen LogP) is 4.42. The SMILES string of the molecule is CC1(C)CCC(c2ccc(C(=O)O)c(NC(=O)c3cc(C(=O)O)c(O)cc3C(=O)O)c2)CC1. The van der Waals surface area contributed by atoms with Crippen LogP contribution in [0.2, 0.25) is 0 Å². The number of aromatic carboxylic acids is 3. The summed E-state index contributed by atoms with van der Waals surface area (Å²) < 4.78 is 0. The first-order valence-electron chi connectivity index (χ1n) is 10.4. The van der Waals surface area contributed by atoms with Gasteiger partial charge in [0.05, 0.1) is 22.4 Å². The summed E-state index contributed by atoms with van der Waals surface area (Å²) in [5.41, 5.74) is -0.879. The van der Waals surface area contributed by atoms with E-state index in [1.165, 1.54) is 6.07 Å². The first kappa shape index (κ1) is 23.8. The zero-order valence-corrected chi connectivity index (χ0v) is 18.2. The molecule has 0 unspecified atom stereocenters. The van der Waals surface area contributed by atoms with E-state index in [9.17, 15) is 39.6 Å². The van der Waals surface area contributed by atoms with Crippen molar-refractivity contribution < 1.29 is 39.6 Å². The summed E-state index contributed by atoms with van der Waals surface area (Å²) in [4.78, 5) is 47.5. The molecular weight excluding hydrogens is 430 g/mol. The summed E-state index contributed by atoms with van der Waals surface area (Å²) >= 11 is 0. The first-order chi connectivity index (χ1) is 15.4. The Hall–Kier alpha value is -3.88. The molecule has 1 fully saturated rings. The van der Waals surface area contributed by atoms with Gasteiger partial charge in [-0.3, -0.25) is 4.79 Å². The van der Waals surface area contributed by atoms with Gasteiger partial charge in [0, 0.05) is 0 Å². The molecule has 0 saturated heterocycles. The van der Waals surface area contributed by atoms with Crippen LogP contribution in [0.1, 0.15) is 92.4 Å². The van der Waals surface area contributed by atoms with Gasteiger partial charge in [-0.2, -0.15) is 0 Å². The Labute approximate surface area is 189 Å². The number of aromatic hydroxyl groups is 1. The van der Waals surface area contributed by atoms with Gasteiger partial charge < -0.3 is 25.7 Å². The molecule has 33 heavy (non-hydrogen) atoms. The summed E-state index contributed by atoms with van der Waals surface area (Å²) in [6, 6.07) is 6.12. The van der Waals surface area contributed by atoms with Crippen LogP contribution in [-0.4, -0.2) is 44.2 Å². The van der Waals surface area contributed by atoms with Crippen molar-refractivity contribution in [2.24, 2.45) is 5.41 Å². The largest absolute Gasteiger partial charge is 0.507 e. The van der Waals surface area contributed by atoms with Gasteiger partial charge in [-0.1, -0.05) is 19.9 Å². The molecule has 0 radical (unpaired) electrons. The van der Waals surface area contributed by atoms with Crippen LogP contribution in [0.5, 0.6) is 5.75 Å². The highest BCUT2D eigenvalue weighted by atomic mass is 16.4. The van der Waals surface area contributed by atoms with Crippen molar-refractivity contribution in [1.29, 1.82) is 0 Å². The number of carboxylic acids is 3. The fourth-order valence-corrected chi connectivity index (χ4v) is 4.15. The minimum Gasteiger partial charge on any atom is -0.507 e. The molecule has 0 bridgehead atoms. The molecule has 2 aromatic carbocycles. The number of hydrogen-bond donors (Lipinski definition) is 5. The Morgan fingerprint density at radius 1 is 0.818 bits per heavy atom. The normalized spacial score (nSPS) is 15.6. The Morgan fingerprint density at radius 3 is 1.94 bits per heavy atom. The van der Waals surface area contributed by atoms with Gasteiger partial charge in [0.15, 0.2) is 0 Å². The minimum absolute atomic E-state index is 0.0175. The lowest BCUT2D eigenvalue weighted by Gasteiger charge is -2.34. The van der Waals surface area contributed by atoms with Crippen molar-refractivity contribution in [3.63, 3.8) is 0 Å². The molecule has 1 amide bonds. The fraction of sp³-hybridized carbons (Fsp3) is 0.333. The number of carboxylic acid groups (broad SMARTS) is 3. The maximum absolute atomic E-state index is 12.9. The maximum atomic E-state index is 12.9. The quantitative estimate of drug-likeness (QED) is 0.427. The highest BCUT2D eigenvalue weighted by Gasteiger charge is 2.29. The van der Waals surface area contributed by atoms with Gasteiger partial charge in [-0.25, -0.2) is 14.4 Å². The van der Waals surface area contributed by atoms with Crippen molar-refractivity contribution in [1.82, 2.24) is 0 Å². The van der Waals surface area contributed by atoms with Crippen LogP contribution in [0.15, 0.2) is 30.3 Å². The van der Waals surface area contributed by atoms with Crippen molar-refractivity contribution in [3.8, 4) is 5.75 Å². The zero-order valence-electron chi connectivity index (χ0n) is 18.2. The lowest BCUT2D eigenvalue weighted by atomic mass is 9.71. The molecule has 9 nitrogen and oxygen atoms in total. The highest BCUT2D eigenvalue weighted by Crippen LogP contribution is 2.43. The van der Waals surface area contributed by atoms with Gasteiger partial charge in [-0.15, -0.1) is 0 Å². The first-order valence-corrected chi connectivity index (χ1v) is 10.4. The molecule has 9 heteroatoms. The molecule has 3 rings (SSSR count). The van der Waals surface area contributed by atoms with Gasteiger partial charge in [0.1, 0.15) is 11.3 Å². The number of rotatable bonds is 6. The van der Waals surface area contributed by atoms with Crippen LogP contribution in [0.4, 0.5) is 5.69 Å². The minimum atomic E-state index is -1.55. The van der Waals surface area contributed by atoms with Crippen LogP contribution in [0, 0.1) is 5.41 Å². The van der Waals surface area contributed by atoms with E-state index in [0.717, 1.165) is 37.3 Å². The number of amides is 1. The van der Waals surface area contributed by atoms with E-state index in [4.69, 9.17) is 0 Å². The molecule has 0 aliphatic heterocycles. The zero-order chi connectivity index (χ0) is 24.5. The van der Waals surface area contributed by atoms with Crippen molar-refractivity contribution >= 4 is 29.5 Å². The molecule has 5 N–H and O–H groups in total. The maximum Gasteiger partial charge on any atom is 0.339 e. The molecule has 0 heterocycles. The number of hydrogen-bond acceptors (Lipinski definition) is 5. The molecule has 1 saturated carbocycles. The number of carbonyl (C=O) groups excluding carboxylic acids is 1. The van der Waals surface area contributed by atoms with E-state index in [0.29, 0.717) is 6.07 Å². The van der Waals surface area contributed by atoms with Gasteiger partial charge >= 0.3 is 17.9 Å².